The molecule has 0 aromatic carbocycles. The highest BCUT2D eigenvalue weighted by Crippen LogP contribution is 2.18. The first-order valence-corrected chi connectivity index (χ1v) is 6.04. The van der Waals surface area contributed by atoms with Crippen molar-refractivity contribution in [1.82, 2.24) is 0 Å². The normalized spacial score (nSPS) is 12.7. The van der Waals surface area contributed by atoms with Gasteiger partial charge in [-0.1, -0.05) is 15.9 Å². The lowest BCUT2D eigenvalue weighted by Gasteiger charge is -2.17. The van der Waals surface area contributed by atoms with Gasteiger partial charge in [0.05, 0.1) is 12.5 Å². The van der Waals surface area contributed by atoms with E-state index in [2.05, 4.69) is 15.9 Å². The van der Waals surface area contributed by atoms with Gasteiger partial charge in [-0.15, -0.1) is 0 Å². The Morgan fingerprint density at radius 3 is 2.41 bits per heavy atom. The van der Waals surface area contributed by atoms with Crippen LogP contribution in [0.25, 0.3) is 0 Å². The lowest BCUT2D eigenvalue weighted by molar-refractivity contribution is -0.155. The molecule has 17 heavy (non-hydrogen) atoms. The number of hydrogen-bond acceptors (Lipinski definition) is 5. The van der Waals surface area contributed by atoms with Crippen LogP contribution in [0.1, 0.15) is 27.2 Å². The van der Waals surface area contributed by atoms with Crippen LogP contribution in [0, 0.1) is 5.92 Å². The predicted molar refractivity (Wildman–Crippen MR) is 64.8 cm³/mol. The summed E-state index contributed by atoms with van der Waals surface area (Å²) in [5.74, 6) is -1.46. The van der Waals surface area contributed by atoms with Gasteiger partial charge in [0, 0.05) is 6.42 Å². The van der Waals surface area contributed by atoms with Gasteiger partial charge in [0.15, 0.2) is 0 Å². The van der Waals surface area contributed by atoms with E-state index in [9.17, 15) is 14.4 Å². The number of hydrogen-bond donors (Lipinski definition) is 0. The van der Waals surface area contributed by atoms with Gasteiger partial charge in [0.2, 0.25) is 0 Å². The molecule has 5 nitrogen and oxygen atoms in total. The van der Waals surface area contributed by atoms with E-state index in [1.54, 1.807) is 20.8 Å². The Balaban J connectivity index is 3.93. The molecule has 0 bridgehead atoms. The number of ether oxygens (including phenoxy) is 2. The average Bonchev–Trinajstić information content (AvgIpc) is 2.24. The van der Waals surface area contributed by atoms with Crippen LogP contribution in [0.2, 0.25) is 0 Å². The minimum atomic E-state index is -0.770. The summed E-state index contributed by atoms with van der Waals surface area (Å²) in [6.45, 7) is 4.93. The highest BCUT2D eigenvalue weighted by molar-refractivity contribution is 9.10. The zero-order valence-electron chi connectivity index (χ0n) is 10.2. The number of halogens is 1. The molecule has 0 aliphatic rings. The van der Waals surface area contributed by atoms with Crippen LogP contribution in [-0.2, 0) is 23.9 Å². The van der Waals surface area contributed by atoms with E-state index in [-0.39, 0.29) is 19.6 Å². The highest BCUT2D eigenvalue weighted by atomic mass is 79.9. The molecule has 0 aliphatic heterocycles. The topological polar surface area (TPSA) is 69.7 Å². The van der Waals surface area contributed by atoms with E-state index in [0.29, 0.717) is 6.29 Å². The van der Waals surface area contributed by atoms with Crippen LogP contribution >= 0.6 is 15.9 Å². The molecule has 0 saturated heterocycles. The van der Waals surface area contributed by atoms with Gasteiger partial charge >= 0.3 is 11.9 Å². The summed E-state index contributed by atoms with van der Waals surface area (Å²) in [6.07, 6.45) is 0.845. The van der Waals surface area contributed by atoms with Crippen molar-refractivity contribution >= 4 is 34.2 Å². The molecule has 1 atom stereocenters. The van der Waals surface area contributed by atoms with Crippen LogP contribution in [0.4, 0.5) is 0 Å². The second-order valence-electron chi connectivity index (χ2n) is 4.09. The first-order valence-electron chi connectivity index (χ1n) is 5.25. The minimum absolute atomic E-state index is 0.0339. The maximum absolute atomic E-state index is 11.4. The van der Waals surface area contributed by atoms with Crippen LogP contribution in [0.15, 0.2) is 0 Å². The summed E-state index contributed by atoms with van der Waals surface area (Å²) in [4.78, 5) is 32.7. The van der Waals surface area contributed by atoms with Gasteiger partial charge in [-0.3, -0.25) is 9.59 Å². The van der Waals surface area contributed by atoms with Crippen molar-refractivity contribution in [2.75, 3.05) is 13.2 Å². The Kier molecular flexibility index (Phi) is 7.03. The molecule has 0 aromatic rings. The molecule has 0 aliphatic carbocycles. The maximum atomic E-state index is 11.4. The molecular weight excluding hydrogens is 292 g/mol. The predicted octanol–water partition coefficient (Wildman–Crippen LogP) is 1.47. The van der Waals surface area contributed by atoms with Gasteiger partial charge in [0.1, 0.15) is 17.2 Å². The molecule has 1 unspecified atom stereocenters. The Hall–Kier alpha value is -0.910. The van der Waals surface area contributed by atoms with Crippen molar-refractivity contribution in [3.05, 3.63) is 0 Å². The summed E-state index contributed by atoms with van der Waals surface area (Å²) >= 11 is 3.15. The molecule has 0 aromatic heterocycles. The number of carbonyl (C=O) groups is 3. The SMILES string of the molecule is CC(COC(=O)C(C)(C)Br)C(=O)OCCC=O. The molecule has 0 amide bonds. The van der Waals surface area contributed by atoms with Crippen molar-refractivity contribution in [3.8, 4) is 0 Å². The summed E-state index contributed by atoms with van der Waals surface area (Å²) < 4.78 is 8.96. The first kappa shape index (κ1) is 16.1. The van der Waals surface area contributed by atoms with Gasteiger partial charge < -0.3 is 14.3 Å². The Labute approximate surface area is 109 Å². The van der Waals surface area contributed by atoms with E-state index < -0.39 is 22.2 Å². The summed E-state index contributed by atoms with van der Waals surface area (Å²) in [5, 5.41) is 0. The van der Waals surface area contributed by atoms with Crippen molar-refractivity contribution < 1.29 is 23.9 Å². The van der Waals surface area contributed by atoms with Crippen LogP contribution < -0.4 is 0 Å². The fourth-order valence-electron chi connectivity index (χ4n) is 0.790. The Bertz CT molecular complexity index is 282. The van der Waals surface area contributed by atoms with Crippen molar-refractivity contribution in [2.24, 2.45) is 5.92 Å². The second kappa shape index (κ2) is 7.42. The first-order chi connectivity index (χ1) is 7.79. The van der Waals surface area contributed by atoms with E-state index in [4.69, 9.17) is 9.47 Å². The minimum Gasteiger partial charge on any atom is -0.465 e. The molecule has 6 heteroatoms. The van der Waals surface area contributed by atoms with E-state index in [1.165, 1.54) is 0 Å². The molecule has 0 saturated carbocycles. The molecule has 0 fully saturated rings. The number of rotatable bonds is 7. The fourth-order valence-corrected chi connectivity index (χ4v) is 0.905. The summed E-state index contributed by atoms with van der Waals surface area (Å²) in [7, 11) is 0. The quantitative estimate of drug-likeness (QED) is 0.308. The molecule has 0 spiro atoms. The third-order valence-corrected chi connectivity index (χ3v) is 2.16. The lowest BCUT2D eigenvalue weighted by Crippen LogP contribution is -2.30. The standard InChI is InChI=1S/C11H17BrO5/c1-8(9(14)16-6-4-5-13)7-17-10(15)11(2,3)12/h5,8H,4,6-7H2,1-3H3. The third-order valence-electron chi connectivity index (χ3n) is 1.83. The Morgan fingerprint density at radius 2 is 1.94 bits per heavy atom. The van der Waals surface area contributed by atoms with Crippen LogP contribution in [0.3, 0.4) is 0 Å². The second-order valence-corrected chi connectivity index (χ2v) is 6.08. The van der Waals surface area contributed by atoms with Crippen molar-refractivity contribution in [2.45, 2.75) is 31.5 Å². The van der Waals surface area contributed by atoms with E-state index >= 15 is 0 Å². The molecular formula is C11H17BrO5. The molecule has 0 N–H and O–H groups in total. The summed E-state index contributed by atoms with van der Waals surface area (Å²) in [6, 6.07) is 0. The lowest BCUT2D eigenvalue weighted by atomic mass is 10.2. The van der Waals surface area contributed by atoms with Gasteiger partial charge in [-0.05, 0) is 20.8 Å². The van der Waals surface area contributed by atoms with E-state index in [1.807, 2.05) is 0 Å². The molecule has 0 rings (SSSR count). The number of alkyl halides is 1. The number of aldehydes is 1. The van der Waals surface area contributed by atoms with Gasteiger partial charge in [-0.25, -0.2) is 0 Å². The summed E-state index contributed by atoms with van der Waals surface area (Å²) in [5.41, 5.74) is 0. The van der Waals surface area contributed by atoms with E-state index in [0.717, 1.165) is 0 Å². The molecule has 0 heterocycles. The highest BCUT2D eigenvalue weighted by Gasteiger charge is 2.27. The maximum Gasteiger partial charge on any atom is 0.322 e. The fraction of sp³-hybridized carbons (Fsp3) is 0.727. The third kappa shape index (κ3) is 7.10. The van der Waals surface area contributed by atoms with Gasteiger partial charge in [0.25, 0.3) is 0 Å². The van der Waals surface area contributed by atoms with Gasteiger partial charge in [-0.2, -0.15) is 0 Å². The van der Waals surface area contributed by atoms with Crippen LogP contribution in [-0.4, -0.2) is 35.8 Å². The van der Waals surface area contributed by atoms with Crippen LogP contribution in [0.5, 0.6) is 0 Å². The monoisotopic (exact) mass is 308 g/mol. The largest absolute Gasteiger partial charge is 0.465 e. The molecule has 0 radical (unpaired) electrons. The average molecular weight is 309 g/mol. The molecule has 98 valence electrons. The Morgan fingerprint density at radius 1 is 1.35 bits per heavy atom. The number of esters is 2. The smallest absolute Gasteiger partial charge is 0.322 e. The number of carbonyl (C=O) groups excluding carboxylic acids is 3. The van der Waals surface area contributed by atoms with Crippen molar-refractivity contribution in [1.29, 1.82) is 0 Å². The van der Waals surface area contributed by atoms with Crippen molar-refractivity contribution in [3.63, 3.8) is 0 Å². The zero-order chi connectivity index (χ0) is 13.5. The zero-order valence-corrected chi connectivity index (χ0v) is 11.8.